The van der Waals surface area contributed by atoms with Gasteiger partial charge >= 0.3 is 0 Å². The molecule has 1 aliphatic rings. The van der Waals surface area contributed by atoms with E-state index in [-0.39, 0.29) is 0 Å². The lowest BCUT2D eigenvalue weighted by Gasteiger charge is -2.20. The number of para-hydroxylation sites is 4. The first-order valence-electron chi connectivity index (χ1n) is 15.8. The van der Waals surface area contributed by atoms with Crippen molar-refractivity contribution in [3.63, 3.8) is 0 Å². The van der Waals surface area contributed by atoms with Crippen molar-refractivity contribution in [3.05, 3.63) is 146 Å². The third-order valence-electron chi connectivity index (χ3n) is 9.69. The zero-order valence-electron chi connectivity index (χ0n) is 25.1. The van der Waals surface area contributed by atoms with E-state index >= 15 is 0 Å². The van der Waals surface area contributed by atoms with Crippen molar-refractivity contribution < 1.29 is 0 Å². The normalized spacial score (nSPS) is 12.6. The van der Waals surface area contributed by atoms with Crippen molar-refractivity contribution in [2.24, 2.45) is 0 Å². The first-order valence-corrected chi connectivity index (χ1v) is 16.7. The lowest BCUT2D eigenvalue weighted by atomic mass is 9.98. The van der Waals surface area contributed by atoms with E-state index in [0.717, 1.165) is 33.3 Å². The van der Waals surface area contributed by atoms with Gasteiger partial charge in [-0.05, 0) is 57.9 Å². The van der Waals surface area contributed by atoms with Gasteiger partial charge in [0.2, 0.25) is 5.95 Å². The number of rotatable bonds is 2. The highest BCUT2D eigenvalue weighted by Crippen LogP contribution is 2.49. The van der Waals surface area contributed by atoms with Crippen LogP contribution in [0.1, 0.15) is 0 Å². The highest BCUT2D eigenvalue weighted by atomic mass is 32.2. The maximum absolute atomic E-state index is 5.48. The summed E-state index contributed by atoms with van der Waals surface area (Å²) in [5.41, 5.74) is 7.53. The molecular weight excluding hydrogens is 593 g/mol. The maximum Gasteiger partial charge on any atom is 0.236 e. The predicted molar refractivity (Wildman–Crippen MR) is 195 cm³/mol. The fraction of sp³-hybridized carbons (Fsp3) is 0. The Bertz CT molecular complexity index is 2950. The lowest BCUT2D eigenvalue weighted by molar-refractivity contribution is 0.964. The summed E-state index contributed by atoms with van der Waals surface area (Å²) in [4.78, 5) is 13.3. The topological polar surface area (TPSA) is 35.6 Å². The standard InChI is InChI=1S/C42H24N4S/c1-2-11-28-25(10-1)20-21-26-22-23-27(24-32(26)28)39-29-12-3-5-15-33(29)43-42(44-39)46-34-16-6-4-13-30(34)38-31-14-9-19-37-40(31)45(41(38)46)35-17-7-8-18-36(35)47-37/h1-24H. The summed E-state index contributed by atoms with van der Waals surface area (Å²) < 4.78 is 4.72. The Hall–Kier alpha value is -5.91. The van der Waals surface area contributed by atoms with Gasteiger partial charge in [-0.15, -0.1) is 0 Å². The van der Waals surface area contributed by atoms with E-state index in [2.05, 4.69) is 155 Å². The van der Waals surface area contributed by atoms with E-state index in [0.29, 0.717) is 5.95 Å². The smallest absolute Gasteiger partial charge is 0.236 e. The molecule has 0 fully saturated rings. The van der Waals surface area contributed by atoms with Crippen LogP contribution in [-0.4, -0.2) is 19.1 Å². The molecule has 7 aromatic carbocycles. The highest BCUT2D eigenvalue weighted by molar-refractivity contribution is 7.99. The summed E-state index contributed by atoms with van der Waals surface area (Å²) in [5.74, 6) is 0.666. The van der Waals surface area contributed by atoms with Gasteiger partial charge in [-0.3, -0.25) is 9.13 Å². The second-order valence-corrected chi connectivity index (χ2v) is 13.3. The molecule has 1 aliphatic heterocycles. The molecule has 218 valence electrons. The predicted octanol–water partition coefficient (Wildman–Crippen LogP) is 11.1. The van der Waals surface area contributed by atoms with Gasteiger partial charge in [0.1, 0.15) is 5.65 Å². The molecule has 4 heterocycles. The van der Waals surface area contributed by atoms with Gasteiger partial charge in [-0.1, -0.05) is 121 Å². The number of hydrogen-bond acceptors (Lipinski definition) is 3. The average molecular weight is 617 g/mol. The maximum atomic E-state index is 5.48. The van der Waals surface area contributed by atoms with Crippen LogP contribution in [0.15, 0.2) is 155 Å². The zero-order chi connectivity index (χ0) is 30.6. The second kappa shape index (κ2) is 9.32. The van der Waals surface area contributed by atoms with Crippen molar-refractivity contribution in [2.45, 2.75) is 9.79 Å². The molecular formula is C42H24N4S. The van der Waals surface area contributed by atoms with E-state index in [9.17, 15) is 0 Å². The number of benzene rings is 7. The fourth-order valence-electron chi connectivity index (χ4n) is 7.66. The molecule has 11 rings (SSSR count). The molecule has 47 heavy (non-hydrogen) atoms. The summed E-state index contributed by atoms with van der Waals surface area (Å²) in [6, 6.07) is 52.2. The Balaban J connectivity index is 1.28. The van der Waals surface area contributed by atoms with Crippen molar-refractivity contribution >= 4 is 77.0 Å². The van der Waals surface area contributed by atoms with Gasteiger partial charge in [0.15, 0.2) is 0 Å². The van der Waals surface area contributed by atoms with Crippen LogP contribution in [0, 0.1) is 0 Å². The van der Waals surface area contributed by atoms with Crippen LogP contribution in [0.2, 0.25) is 0 Å². The van der Waals surface area contributed by atoms with Crippen LogP contribution < -0.4 is 0 Å². The summed E-state index contributed by atoms with van der Waals surface area (Å²) in [6.45, 7) is 0. The monoisotopic (exact) mass is 616 g/mol. The molecule has 0 saturated heterocycles. The minimum absolute atomic E-state index is 0.666. The minimum atomic E-state index is 0.666. The SMILES string of the molecule is c1ccc2c(c1)Sc1cccc3c4c5ccccc5n(-c5nc(-c6ccc7ccc8ccccc8c7c6)c6ccccc6n5)c4n-2c13. The molecule has 0 N–H and O–H groups in total. The Kier molecular flexibility index (Phi) is 5.02. The Labute approximate surface area is 273 Å². The third-order valence-corrected chi connectivity index (χ3v) is 10.8. The van der Waals surface area contributed by atoms with E-state index in [1.807, 2.05) is 11.8 Å². The molecule has 4 nitrogen and oxygen atoms in total. The molecule has 0 amide bonds. The van der Waals surface area contributed by atoms with Gasteiger partial charge in [0, 0.05) is 36.9 Å². The minimum Gasteiger partial charge on any atom is -0.293 e. The van der Waals surface area contributed by atoms with Gasteiger partial charge in [0.05, 0.1) is 27.9 Å². The van der Waals surface area contributed by atoms with Crippen molar-refractivity contribution in [2.75, 3.05) is 0 Å². The number of fused-ring (bicyclic) bond motifs is 11. The molecule has 0 spiro atoms. The zero-order valence-corrected chi connectivity index (χ0v) is 25.9. The van der Waals surface area contributed by atoms with Crippen molar-refractivity contribution in [1.82, 2.24) is 19.1 Å². The van der Waals surface area contributed by atoms with E-state index in [1.54, 1.807) is 0 Å². The Morgan fingerprint density at radius 3 is 2.13 bits per heavy atom. The van der Waals surface area contributed by atoms with Gasteiger partial charge in [0.25, 0.3) is 0 Å². The molecule has 0 unspecified atom stereocenters. The summed E-state index contributed by atoms with van der Waals surface area (Å²) in [5, 5.41) is 9.63. The Morgan fingerprint density at radius 1 is 0.489 bits per heavy atom. The summed E-state index contributed by atoms with van der Waals surface area (Å²) in [7, 11) is 0. The van der Waals surface area contributed by atoms with Crippen molar-refractivity contribution in [3.8, 4) is 22.9 Å². The van der Waals surface area contributed by atoms with E-state index in [1.165, 1.54) is 58.7 Å². The molecule has 3 aromatic heterocycles. The first-order chi connectivity index (χ1) is 23.3. The van der Waals surface area contributed by atoms with Crippen LogP contribution in [-0.2, 0) is 0 Å². The Morgan fingerprint density at radius 2 is 1.19 bits per heavy atom. The molecule has 5 heteroatoms. The quantitative estimate of drug-likeness (QED) is 0.181. The van der Waals surface area contributed by atoms with Gasteiger partial charge in [-0.2, -0.15) is 0 Å². The van der Waals surface area contributed by atoms with Crippen molar-refractivity contribution in [1.29, 1.82) is 0 Å². The second-order valence-electron chi connectivity index (χ2n) is 12.2. The average Bonchev–Trinajstić information content (AvgIpc) is 3.65. The van der Waals surface area contributed by atoms with Gasteiger partial charge in [-0.25, -0.2) is 9.97 Å². The van der Waals surface area contributed by atoms with Crippen LogP contribution >= 0.6 is 11.8 Å². The lowest BCUT2D eigenvalue weighted by Crippen LogP contribution is -2.08. The molecule has 0 aliphatic carbocycles. The molecule has 0 atom stereocenters. The van der Waals surface area contributed by atoms with Crippen LogP contribution in [0.3, 0.4) is 0 Å². The molecule has 10 aromatic rings. The van der Waals surface area contributed by atoms with E-state index < -0.39 is 0 Å². The number of aromatic nitrogens is 4. The number of nitrogens with zero attached hydrogens (tertiary/aromatic N) is 4. The van der Waals surface area contributed by atoms with Crippen LogP contribution in [0.4, 0.5) is 0 Å². The largest absolute Gasteiger partial charge is 0.293 e. The van der Waals surface area contributed by atoms with Crippen LogP contribution in [0.5, 0.6) is 0 Å². The van der Waals surface area contributed by atoms with Gasteiger partial charge < -0.3 is 0 Å². The van der Waals surface area contributed by atoms with Crippen LogP contribution in [0.25, 0.3) is 88.2 Å². The number of hydrogen-bond donors (Lipinski definition) is 0. The molecule has 0 saturated carbocycles. The summed E-state index contributed by atoms with van der Waals surface area (Å²) >= 11 is 1.84. The molecule has 0 bridgehead atoms. The first kappa shape index (κ1) is 25.3. The van der Waals surface area contributed by atoms with E-state index in [4.69, 9.17) is 9.97 Å². The fourth-order valence-corrected chi connectivity index (χ4v) is 8.76. The summed E-state index contributed by atoms with van der Waals surface area (Å²) in [6.07, 6.45) is 0. The molecule has 0 radical (unpaired) electrons. The third kappa shape index (κ3) is 3.44. The highest BCUT2D eigenvalue weighted by Gasteiger charge is 2.28.